The maximum atomic E-state index is 13.8. The average molecular weight is 311 g/mol. The van der Waals surface area contributed by atoms with Crippen molar-refractivity contribution in [3.05, 3.63) is 64.4 Å². The average Bonchev–Trinajstić information content (AvgIpc) is 2.46. The molecule has 0 aliphatic heterocycles. The molecule has 0 fully saturated rings. The summed E-state index contributed by atoms with van der Waals surface area (Å²) in [6.45, 7) is 2.84. The van der Waals surface area contributed by atoms with Crippen LogP contribution >= 0.6 is 11.6 Å². The van der Waals surface area contributed by atoms with E-state index in [1.54, 1.807) is 12.4 Å². The fourth-order valence-corrected chi connectivity index (χ4v) is 2.44. The number of halogens is 3. The quantitative estimate of drug-likeness (QED) is 0.860. The minimum atomic E-state index is -0.573. The summed E-state index contributed by atoms with van der Waals surface area (Å²) in [5.74, 6) is -1.11. The second-order valence-electron chi connectivity index (χ2n) is 4.84. The third-order valence-corrected chi connectivity index (χ3v) is 3.57. The largest absolute Gasteiger partial charge is 0.310 e. The Morgan fingerprint density at radius 2 is 2.10 bits per heavy atom. The number of benzene rings is 1. The second-order valence-corrected chi connectivity index (χ2v) is 5.25. The summed E-state index contributed by atoms with van der Waals surface area (Å²) in [5.41, 5.74) is 1.32. The summed E-state index contributed by atoms with van der Waals surface area (Å²) in [7, 11) is 0. The van der Waals surface area contributed by atoms with Crippen LogP contribution in [0.15, 0.2) is 36.7 Å². The Bertz CT molecular complexity index is 605. The fourth-order valence-electron chi connectivity index (χ4n) is 2.19. The Morgan fingerprint density at radius 3 is 2.76 bits per heavy atom. The summed E-state index contributed by atoms with van der Waals surface area (Å²) in [4.78, 5) is 3.96. The molecule has 1 atom stereocenters. The van der Waals surface area contributed by atoms with Gasteiger partial charge in [-0.3, -0.25) is 4.98 Å². The normalized spacial score (nSPS) is 12.4. The van der Waals surface area contributed by atoms with Crippen molar-refractivity contribution in [2.24, 2.45) is 0 Å². The van der Waals surface area contributed by atoms with E-state index in [-0.39, 0.29) is 6.04 Å². The van der Waals surface area contributed by atoms with Crippen LogP contribution in [0.4, 0.5) is 8.78 Å². The van der Waals surface area contributed by atoms with E-state index in [1.807, 2.05) is 6.07 Å². The van der Waals surface area contributed by atoms with Gasteiger partial charge in [0, 0.05) is 24.5 Å². The molecule has 2 rings (SSSR count). The van der Waals surface area contributed by atoms with Crippen LogP contribution in [-0.4, -0.2) is 11.5 Å². The van der Waals surface area contributed by atoms with Gasteiger partial charge in [-0.1, -0.05) is 24.6 Å². The van der Waals surface area contributed by atoms with E-state index in [2.05, 4.69) is 17.2 Å². The van der Waals surface area contributed by atoms with E-state index in [0.717, 1.165) is 24.6 Å². The van der Waals surface area contributed by atoms with Crippen molar-refractivity contribution in [3.63, 3.8) is 0 Å². The van der Waals surface area contributed by atoms with Crippen molar-refractivity contribution in [2.75, 3.05) is 6.54 Å². The third kappa shape index (κ3) is 4.22. The molecule has 1 N–H and O–H groups in total. The van der Waals surface area contributed by atoms with Gasteiger partial charge in [-0.15, -0.1) is 0 Å². The van der Waals surface area contributed by atoms with Crippen LogP contribution < -0.4 is 5.32 Å². The van der Waals surface area contributed by atoms with Crippen LogP contribution in [0.3, 0.4) is 0 Å². The highest BCUT2D eigenvalue weighted by Crippen LogP contribution is 2.26. The van der Waals surface area contributed by atoms with Crippen LogP contribution in [0.5, 0.6) is 0 Å². The van der Waals surface area contributed by atoms with Crippen LogP contribution in [0.1, 0.15) is 30.5 Å². The number of aromatic nitrogens is 1. The second kappa shape index (κ2) is 7.48. The highest BCUT2D eigenvalue weighted by atomic mass is 35.5. The van der Waals surface area contributed by atoms with E-state index < -0.39 is 11.6 Å². The molecule has 0 saturated carbocycles. The molecule has 0 bridgehead atoms. The Morgan fingerprint density at radius 1 is 1.29 bits per heavy atom. The van der Waals surface area contributed by atoms with Gasteiger partial charge in [0.1, 0.15) is 11.6 Å². The maximum Gasteiger partial charge on any atom is 0.129 e. The first-order chi connectivity index (χ1) is 10.1. The van der Waals surface area contributed by atoms with Crippen molar-refractivity contribution >= 4 is 11.6 Å². The van der Waals surface area contributed by atoms with E-state index in [4.69, 9.17) is 11.6 Å². The van der Waals surface area contributed by atoms with Gasteiger partial charge in [0.05, 0.1) is 5.02 Å². The molecule has 2 aromatic rings. The van der Waals surface area contributed by atoms with Gasteiger partial charge in [-0.2, -0.15) is 0 Å². The van der Waals surface area contributed by atoms with Gasteiger partial charge < -0.3 is 5.32 Å². The van der Waals surface area contributed by atoms with Gasteiger partial charge in [-0.25, -0.2) is 8.78 Å². The summed E-state index contributed by atoms with van der Waals surface area (Å²) < 4.78 is 26.8. The SMILES string of the molecule is CCCNC(Cc1ccc(F)cc1F)c1ccncc1Cl. The smallest absolute Gasteiger partial charge is 0.129 e. The lowest BCUT2D eigenvalue weighted by atomic mass is 9.99. The lowest BCUT2D eigenvalue weighted by molar-refractivity contribution is 0.508. The van der Waals surface area contributed by atoms with Gasteiger partial charge in [0.15, 0.2) is 0 Å². The van der Waals surface area contributed by atoms with Crippen LogP contribution in [-0.2, 0) is 6.42 Å². The van der Waals surface area contributed by atoms with Gasteiger partial charge in [0.25, 0.3) is 0 Å². The minimum absolute atomic E-state index is 0.139. The zero-order valence-electron chi connectivity index (χ0n) is 11.7. The molecular formula is C16H17ClF2N2. The first kappa shape index (κ1) is 15.9. The highest BCUT2D eigenvalue weighted by Gasteiger charge is 2.17. The van der Waals surface area contributed by atoms with Crippen molar-refractivity contribution < 1.29 is 8.78 Å². The molecule has 1 heterocycles. The number of hydrogen-bond donors (Lipinski definition) is 1. The number of nitrogens with one attached hydrogen (secondary N) is 1. The lowest BCUT2D eigenvalue weighted by Gasteiger charge is -2.20. The molecule has 0 amide bonds. The zero-order chi connectivity index (χ0) is 15.2. The molecule has 0 aliphatic carbocycles. The Labute approximate surface area is 128 Å². The van der Waals surface area contributed by atoms with Crippen molar-refractivity contribution in [1.82, 2.24) is 10.3 Å². The molecule has 0 radical (unpaired) electrons. The van der Waals surface area contributed by atoms with Crippen LogP contribution in [0.2, 0.25) is 5.02 Å². The minimum Gasteiger partial charge on any atom is -0.310 e. The third-order valence-electron chi connectivity index (χ3n) is 3.26. The first-order valence-electron chi connectivity index (χ1n) is 6.88. The zero-order valence-corrected chi connectivity index (χ0v) is 12.5. The van der Waals surface area contributed by atoms with Crippen molar-refractivity contribution in [3.8, 4) is 0 Å². The van der Waals surface area contributed by atoms with Gasteiger partial charge in [-0.05, 0) is 42.6 Å². The topological polar surface area (TPSA) is 24.9 Å². The monoisotopic (exact) mass is 310 g/mol. The van der Waals surface area contributed by atoms with E-state index in [1.165, 1.54) is 12.1 Å². The maximum absolute atomic E-state index is 13.8. The molecule has 0 aliphatic rings. The molecule has 2 nitrogen and oxygen atoms in total. The number of hydrogen-bond acceptors (Lipinski definition) is 2. The lowest BCUT2D eigenvalue weighted by Crippen LogP contribution is -2.24. The number of rotatable bonds is 6. The summed E-state index contributed by atoms with van der Waals surface area (Å²) in [6.07, 6.45) is 4.57. The molecule has 1 aromatic carbocycles. The fraction of sp³-hybridized carbons (Fsp3) is 0.312. The molecular weight excluding hydrogens is 294 g/mol. The molecule has 0 spiro atoms. The first-order valence-corrected chi connectivity index (χ1v) is 7.26. The summed E-state index contributed by atoms with van der Waals surface area (Å²) >= 11 is 6.17. The van der Waals surface area contributed by atoms with E-state index in [0.29, 0.717) is 17.0 Å². The Hall–Kier alpha value is -1.52. The van der Waals surface area contributed by atoms with Crippen molar-refractivity contribution in [2.45, 2.75) is 25.8 Å². The van der Waals surface area contributed by atoms with Crippen LogP contribution in [0, 0.1) is 11.6 Å². The Kier molecular flexibility index (Phi) is 5.65. The molecule has 112 valence electrons. The van der Waals surface area contributed by atoms with E-state index >= 15 is 0 Å². The predicted octanol–water partition coefficient (Wildman–Crippen LogP) is 4.30. The van der Waals surface area contributed by atoms with Crippen molar-refractivity contribution in [1.29, 1.82) is 0 Å². The van der Waals surface area contributed by atoms with Gasteiger partial charge >= 0.3 is 0 Å². The van der Waals surface area contributed by atoms with Crippen LogP contribution in [0.25, 0.3) is 0 Å². The Balaban J connectivity index is 2.26. The predicted molar refractivity (Wildman–Crippen MR) is 80.3 cm³/mol. The molecule has 5 heteroatoms. The highest BCUT2D eigenvalue weighted by molar-refractivity contribution is 6.31. The van der Waals surface area contributed by atoms with E-state index in [9.17, 15) is 8.78 Å². The molecule has 1 unspecified atom stereocenters. The molecule has 0 saturated heterocycles. The standard InChI is InChI=1S/C16H17ClF2N2/c1-2-6-21-16(13-5-7-20-10-14(13)17)8-11-3-4-12(18)9-15(11)19/h3-5,7,9-10,16,21H,2,6,8H2,1H3. The molecule has 21 heavy (non-hydrogen) atoms. The number of nitrogens with zero attached hydrogens (tertiary/aromatic N) is 1. The molecule has 1 aromatic heterocycles. The number of pyridine rings is 1. The summed E-state index contributed by atoms with van der Waals surface area (Å²) in [5, 5.41) is 3.88. The van der Waals surface area contributed by atoms with Gasteiger partial charge in [0.2, 0.25) is 0 Å². The summed E-state index contributed by atoms with van der Waals surface area (Å²) in [6, 6.07) is 5.32.